The zero-order valence-electron chi connectivity index (χ0n) is 11.9. The highest BCUT2D eigenvalue weighted by Gasteiger charge is 2.52. The van der Waals surface area contributed by atoms with Crippen LogP contribution in [0.15, 0.2) is 54.4 Å². The third-order valence-corrected chi connectivity index (χ3v) is 4.06. The fraction of sp³-hybridized carbons (Fsp3) is 0.188. The Hall–Kier alpha value is -2.89. The van der Waals surface area contributed by atoms with Gasteiger partial charge in [0.2, 0.25) is 0 Å². The number of benzene rings is 1. The molecular weight excluding hydrogens is 284 g/mol. The van der Waals surface area contributed by atoms with Crippen molar-refractivity contribution in [2.24, 2.45) is 5.92 Å². The number of nitrogens with one attached hydrogen (secondary N) is 1. The lowest BCUT2D eigenvalue weighted by molar-refractivity contribution is -0.569. The number of methoxy groups -OCH3 is 1. The Kier molecular flexibility index (Phi) is 3.29. The molecule has 2 aromatic rings. The van der Waals surface area contributed by atoms with Gasteiger partial charge in [-0.25, -0.2) is 0 Å². The monoisotopic (exact) mass is 298 g/mol. The molecule has 0 bridgehead atoms. The summed E-state index contributed by atoms with van der Waals surface area (Å²) in [4.78, 5) is 26.0. The fourth-order valence-corrected chi connectivity index (χ4v) is 2.91. The van der Waals surface area contributed by atoms with E-state index in [2.05, 4.69) is 4.98 Å². The van der Waals surface area contributed by atoms with Gasteiger partial charge in [-0.3, -0.25) is 10.1 Å². The number of aromatic amines is 1. The average molecular weight is 298 g/mol. The van der Waals surface area contributed by atoms with E-state index in [-0.39, 0.29) is 0 Å². The molecule has 22 heavy (non-hydrogen) atoms. The van der Waals surface area contributed by atoms with Crippen molar-refractivity contribution in [1.82, 2.24) is 4.98 Å². The summed E-state index contributed by atoms with van der Waals surface area (Å²) in [6, 6.07) is 7.30. The first-order chi connectivity index (χ1) is 10.6. The first kappa shape index (κ1) is 14.1. The number of rotatable bonds is 4. The number of aldehydes is 1. The van der Waals surface area contributed by atoms with Crippen LogP contribution >= 0.6 is 0 Å². The summed E-state index contributed by atoms with van der Waals surface area (Å²) in [6.07, 6.45) is 6.63. The SMILES string of the molecule is COC1=CC(C=O)C(c2c[nH]c3ccccc23)([N+](=O)[O-])C=C1. The van der Waals surface area contributed by atoms with Gasteiger partial charge < -0.3 is 14.5 Å². The van der Waals surface area contributed by atoms with Crippen molar-refractivity contribution in [3.63, 3.8) is 0 Å². The van der Waals surface area contributed by atoms with E-state index in [0.717, 1.165) is 10.9 Å². The van der Waals surface area contributed by atoms with E-state index in [1.807, 2.05) is 18.2 Å². The number of aromatic nitrogens is 1. The second-order valence-electron chi connectivity index (χ2n) is 5.10. The van der Waals surface area contributed by atoms with Gasteiger partial charge in [0.05, 0.1) is 12.7 Å². The van der Waals surface area contributed by atoms with Crippen LogP contribution in [0.2, 0.25) is 0 Å². The average Bonchev–Trinajstić information content (AvgIpc) is 2.98. The summed E-state index contributed by atoms with van der Waals surface area (Å²) in [5.41, 5.74) is -0.380. The lowest BCUT2D eigenvalue weighted by Crippen LogP contribution is -2.42. The van der Waals surface area contributed by atoms with Crippen LogP contribution in [-0.2, 0) is 15.1 Å². The van der Waals surface area contributed by atoms with Crippen molar-refractivity contribution >= 4 is 17.2 Å². The Morgan fingerprint density at radius 1 is 1.41 bits per heavy atom. The summed E-state index contributed by atoms with van der Waals surface area (Å²) >= 11 is 0. The molecule has 112 valence electrons. The number of hydrogen-bond acceptors (Lipinski definition) is 4. The molecule has 1 aliphatic carbocycles. The van der Waals surface area contributed by atoms with E-state index in [1.54, 1.807) is 12.3 Å². The lowest BCUT2D eigenvalue weighted by atomic mass is 9.76. The third kappa shape index (κ3) is 1.84. The predicted molar refractivity (Wildman–Crippen MR) is 80.8 cm³/mol. The zero-order chi connectivity index (χ0) is 15.7. The first-order valence-electron chi connectivity index (χ1n) is 6.75. The summed E-state index contributed by atoms with van der Waals surface area (Å²) in [6.45, 7) is 0. The van der Waals surface area contributed by atoms with E-state index in [1.165, 1.54) is 25.3 Å². The topological polar surface area (TPSA) is 85.2 Å². The predicted octanol–water partition coefficient (Wildman–Crippen LogP) is 2.56. The van der Waals surface area contributed by atoms with Crippen LogP contribution in [0.25, 0.3) is 10.9 Å². The van der Waals surface area contributed by atoms with Crippen LogP contribution in [0, 0.1) is 16.0 Å². The number of carbonyl (C=O) groups is 1. The van der Waals surface area contributed by atoms with E-state index in [0.29, 0.717) is 17.6 Å². The molecule has 3 rings (SSSR count). The summed E-state index contributed by atoms with van der Waals surface area (Å²) in [7, 11) is 1.46. The van der Waals surface area contributed by atoms with Gasteiger partial charge in [0, 0.05) is 28.1 Å². The largest absolute Gasteiger partial charge is 0.497 e. The standard InChI is InChI=1S/C16H14N2O4/c1-22-12-6-7-16(18(20)21,11(8-12)10-19)14-9-17-15-5-3-2-4-13(14)15/h2-11,17H,1H3. The first-order valence-corrected chi connectivity index (χ1v) is 6.75. The normalized spacial score (nSPS) is 24.0. The van der Waals surface area contributed by atoms with Crippen LogP contribution in [0.1, 0.15) is 5.56 Å². The van der Waals surface area contributed by atoms with Gasteiger partial charge in [0.1, 0.15) is 18.0 Å². The van der Waals surface area contributed by atoms with E-state index in [9.17, 15) is 14.9 Å². The zero-order valence-corrected chi connectivity index (χ0v) is 11.9. The molecule has 1 N–H and O–H groups in total. The number of carbonyl (C=O) groups excluding carboxylic acids is 1. The van der Waals surface area contributed by atoms with Gasteiger partial charge in [-0.05, 0) is 18.2 Å². The van der Waals surface area contributed by atoms with Crippen molar-refractivity contribution in [3.05, 3.63) is 70.1 Å². The molecule has 0 fully saturated rings. The number of ether oxygens (including phenoxy) is 1. The van der Waals surface area contributed by atoms with E-state index in [4.69, 9.17) is 4.74 Å². The van der Waals surface area contributed by atoms with Crippen LogP contribution in [0.3, 0.4) is 0 Å². The van der Waals surface area contributed by atoms with Crippen LogP contribution in [0.5, 0.6) is 0 Å². The third-order valence-electron chi connectivity index (χ3n) is 4.06. The molecule has 0 amide bonds. The van der Waals surface area contributed by atoms with E-state index < -0.39 is 16.4 Å². The highest BCUT2D eigenvalue weighted by atomic mass is 16.6. The van der Waals surface area contributed by atoms with Crippen molar-refractivity contribution in [1.29, 1.82) is 0 Å². The molecule has 1 aromatic carbocycles. The lowest BCUT2D eigenvalue weighted by Gasteiger charge is -2.28. The molecule has 6 nitrogen and oxygen atoms in total. The second-order valence-corrected chi connectivity index (χ2v) is 5.10. The van der Waals surface area contributed by atoms with Crippen LogP contribution in [0.4, 0.5) is 0 Å². The highest BCUT2D eigenvalue weighted by molar-refractivity contribution is 5.85. The quantitative estimate of drug-likeness (QED) is 0.534. The smallest absolute Gasteiger partial charge is 0.280 e. The molecule has 0 saturated carbocycles. The molecule has 1 aromatic heterocycles. The minimum Gasteiger partial charge on any atom is -0.497 e. The Morgan fingerprint density at radius 2 is 2.18 bits per heavy atom. The van der Waals surface area contributed by atoms with Crippen molar-refractivity contribution in [2.75, 3.05) is 7.11 Å². The Bertz CT molecular complexity index is 805. The van der Waals surface area contributed by atoms with Crippen LogP contribution < -0.4 is 0 Å². The Labute approximate surface area is 126 Å². The maximum Gasteiger partial charge on any atom is 0.280 e. The van der Waals surface area contributed by atoms with Crippen molar-refractivity contribution < 1.29 is 14.5 Å². The molecule has 0 spiro atoms. The van der Waals surface area contributed by atoms with Gasteiger partial charge in [-0.1, -0.05) is 18.2 Å². The molecule has 0 radical (unpaired) electrons. The number of hydrogen-bond donors (Lipinski definition) is 1. The minimum atomic E-state index is -1.64. The number of nitro groups is 1. The van der Waals surface area contributed by atoms with Gasteiger partial charge in [0.15, 0.2) is 0 Å². The summed E-state index contributed by atoms with van der Waals surface area (Å²) in [5, 5.41) is 12.6. The number of H-pyrrole nitrogens is 1. The van der Waals surface area contributed by atoms with Gasteiger partial charge >= 0.3 is 0 Å². The highest BCUT2D eigenvalue weighted by Crippen LogP contribution is 2.41. The molecule has 0 aliphatic heterocycles. The fourth-order valence-electron chi connectivity index (χ4n) is 2.91. The molecule has 2 unspecified atom stereocenters. The Balaban J connectivity index is 2.26. The van der Waals surface area contributed by atoms with Crippen molar-refractivity contribution in [3.8, 4) is 0 Å². The number of nitrogens with zero attached hydrogens (tertiary/aromatic N) is 1. The minimum absolute atomic E-state index is 0.416. The maximum atomic E-state index is 11.9. The maximum absolute atomic E-state index is 11.9. The summed E-state index contributed by atoms with van der Waals surface area (Å²) < 4.78 is 5.09. The molecule has 6 heteroatoms. The second kappa shape index (κ2) is 5.14. The van der Waals surface area contributed by atoms with Crippen LogP contribution in [-0.4, -0.2) is 23.3 Å². The number of para-hydroxylation sites is 1. The van der Waals surface area contributed by atoms with Crippen molar-refractivity contribution in [2.45, 2.75) is 5.54 Å². The number of fused-ring (bicyclic) bond motifs is 1. The van der Waals surface area contributed by atoms with Gasteiger partial charge in [-0.15, -0.1) is 0 Å². The summed E-state index contributed by atoms with van der Waals surface area (Å²) in [5.74, 6) is -0.504. The molecule has 1 heterocycles. The van der Waals surface area contributed by atoms with Gasteiger partial charge in [0.25, 0.3) is 5.54 Å². The molecule has 0 saturated heterocycles. The molecule has 1 aliphatic rings. The Morgan fingerprint density at radius 3 is 2.86 bits per heavy atom. The molecule has 2 atom stereocenters. The van der Waals surface area contributed by atoms with E-state index >= 15 is 0 Å². The van der Waals surface area contributed by atoms with Gasteiger partial charge in [-0.2, -0.15) is 0 Å². The molecular formula is C16H14N2O4. The number of allylic oxidation sites excluding steroid dienone is 1.